The van der Waals surface area contributed by atoms with Crippen LogP contribution in [0.5, 0.6) is 0 Å². The predicted octanol–water partition coefficient (Wildman–Crippen LogP) is 1.28. The molecule has 4 nitrogen and oxygen atoms in total. The van der Waals surface area contributed by atoms with E-state index >= 15 is 0 Å². The molecule has 0 radical (unpaired) electrons. The number of piperidine rings is 1. The van der Waals surface area contributed by atoms with Crippen molar-refractivity contribution in [1.82, 2.24) is 15.1 Å². The summed E-state index contributed by atoms with van der Waals surface area (Å²) in [5, 5.41) is 3.50. The zero-order chi connectivity index (χ0) is 13.9. The maximum Gasteiger partial charge on any atom is 0.0587 e. The molecule has 1 atom stereocenters. The molecule has 0 aromatic carbocycles. The van der Waals surface area contributed by atoms with E-state index in [0.717, 1.165) is 25.6 Å². The second-order valence-corrected chi connectivity index (χ2v) is 5.53. The summed E-state index contributed by atoms with van der Waals surface area (Å²) >= 11 is 0. The van der Waals surface area contributed by atoms with Gasteiger partial charge in [0.15, 0.2) is 0 Å². The van der Waals surface area contributed by atoms with Crippen LogP contribution in [0.25, 0.3) is 0 Å². The fourth-order valence-electron chi connectivity index (χ4n) is 2.82. The summed E-state index contributed by atoms with van der Waals surface area (Å²) in [5.41, 5.74) is 0. The molecule has 4 heteroatoms. The first-order chi connectivity index (χ1) is 9.30. The molecular weight excluding hydrogens is 238 g/mol. The highest BCUT2D eigenvalue weighted by Crippen LogP contribution is 2.15. The SMILES string of the molecule is CCN(CC)CCN1CCCC(CNCCOC)C1. The van der Waals surface area contributed by atoms with Crippen molar-refractivity contribution in [3.63, 3.8) is 0 Å². The summed E-state index contributed by atoms with van der Waals surface area (Å²) in [6.07, 6.45) is 2.73. The molecule has 1 fully saturated rings. The van der Waals surface area contributed by atoms with Gasteiger partial charge in [0.1, 0.15) is 0 Å². The van der Waals surface area contributed by atoms with Crippen molar-refractivity contribution in [3.05, 3.63) is 0 Å². The molecule has 19 heavy (non-hydrogen) atoms. The lowest BCUT2D eigenvalue weighted by molar-refractivity contribution is 0.147. The predicted molar refractivity (Wildman–Crippen MR) is 81.7 cm³/mol. The molecule has 0 aromatic heterocycles. The lowest BCUT2D eigenvalue weighted by Gasteiger charge is -2.34. The Bertz CT molecular complexity index is 210. The first-order valence-electron chi connectivity index (χ1n) is 7.94. The highest BCUT2D eigenvalue weighted by atomic mass is 16.5. The molecule has 1 N–H and O–H groups in total. The third-order valence-electron chi connectivity index (χ3n) is 4.15. The lowest BCUT2D eigenvalue weighted by Crippen LogP contribution is -2.43. The quantitative estimate of drug-likeness (QED) is 0.606. The van der Waals surface area contributed by atoms with E-state index in [1.54, 1.807) is 7.11 Å². The number of likely N-dealkylation sites (N-methyl/N-ethyl adjacent to an activating group) is 1. The average molecular weight is 271 g/mol. The van der Waals surface area contributed by atoms with Crippen molar-refractivity contribution in [2.24, 2.45) is 5.92 Å². The zero-order valence-electron chi connectivity index (χ0n) is 13.2. The van der Waals surface area contributed by atoms with Crippen LogP contribution in [0.4, 0.5) is 0 Å². The van der Waals surface area contributed by atoms with Crippen LogP contribution in [0, 0.1) is 5.92 Å². The maximum absolute atomic E-state index is 5.06. The van der Waals surface area contributed by atoms with E-state index < -0.39 is 0 Å². The third-order valence-corrected chi connectivity index (χ3v) is 4.15. The summed E-state index contributed by atoms with van der Waals surface area (Å²) in [4.78, 5) is 5.16. The van der Waals surface area contributed by atoms with Crippen LogP contribution in [-0.4, -0.2) is 75.9 Å². The molecule has 114 valence electrons. The number of hydrogen-bond acceptors (Lipinski definition) is 4. The van der Waals surface area contributed by atoms with E-state index in [4.69, 9.17) is 4.74 Å². The Morgan fingerprint density at radius 1 is 1.32 bits per heavy atom. The number of hydrogen-bond donors (Lipinski definition) is 1. The van der Waals surface area contributed by atoms with Gasteiger partial charge in [-0.05, 0) is 44.9 Å². The molecule has 1 rings (SSSR count). The number of rotatable bonds is 10. The molecule has 1 heterocycles. The van der Waals surface area contributed by atoms with Gasteiger partial charge in [-0.1, -0.05) is 13.8 Å². The van der Waals surface area contributed by atoms with E-state index in [2.05, 4.69) is 29.0 Å². The summed E-state index contributed by atoms with van der Waals surface area (Å²) in [6.45, 7) is 14.8. The van der Waals surface area contributed by atoms with Gasteiger partial charge in [-0.25, -0.2) is 0 Å². The molecule has 1 saturated heterocycles. The van der Waals surface area contributed by atoms with Crippen LogP contribution in [0.3, 0.4) is 0 Å². The number of ether oxygens (including phenoxy) is 1. The van der Waals surface area contributed by atoms with Crippen LogP contribution in [0.2, 0.25) is 0 Å². The third kappa shape index (κ3) is 7.25. The smallest absolute Gasteiger partial charge is 0.0587 e. The van der Waals surface area contributed by atoms with Crippen LogP contribution in [0.1, 0.15) is 26.7 Å². The molecule has 0 aromatic rings. The molecule has 0 amide bonds. The van der Waals surface area contributed by atoms with Gasteiger partial charge in [0.2, 0.25) is 0 Å². The molecule has 1 unspecified atom stereocenters. The Labute approximate surface area is 119 Å². The molecule has 0 spiro atoms. The van der Waals surface area contributed by atoms with Gasteiger partial charge in [0, 0.05) is 33.3 Å². The van der Waals surface area contributed by atoms with Crippen LogP contribution in [0.15, 0.2) is 0 Å². The van der Waals surface area contributed by atoms with Gasteiger partial charge < -0.3 is 19.9 Å². The van der Waals surface area contributed by atoms with Gasteiger partial charge in [-0.3, -0.25) is 0 Å². The van der Waals surface area contributed by atoms with Gasteiger partial charge in [0.25, 0.3) is 0 Å². The molecule has 0 bridgehead atoms. The first kappa shape index (κ1) is 16.9. The van der Waals surface area contributed by atoms with E-state index in [1.807, 2.05) is 0 Å². The van der Waals surface area contributed by atoms with Gasteiger partial charge in [-0.2, -0.15) is 0 Å². The molecule has 0 aliphatic carbocycles. The van der Waals surface area contributed by atoms with Crippen molar-refractivity contribution in [3.8, 4) is 0 Å². The van der Waals surface area contributed by atoms with Gasteiger partial charge >= 0.3 is 0 Å². The van der Waals surface area contributed by atoms with E-state index in [1.165, 1.54) is 52.1 Å². The van der Waals surface area contributed by atoms with Crippen LogP contribution >= 0.6 is 0 Å². The fourth-order valence-corrected chi connectivity index (χ4v) is 2.82. The van der Waals surface area contributed by atoms with Gasteiger partial charge in [-0.15, -0.1) is 0 Å². The standard InChI is InChI=1S/C15H33N3O/c1-4-17(5-2)10-11-18-9-6-7-15(14-18)13-16-8-12-19-3/h15-16H,4-14H2,1-3H3. The van der Waals surface area contributed by atoms with E-state index in [-0.39, 0.29) is 0 Å². The zero-order valence-corrected chi connectivity index (χ0v) is 13.2. The maximum atomic E-state index is 5.06. The molecule has 1 aliphatic heterocycles. The van der Waals surface area contributed by atoms with Crippen molar-refractivity contribution < 1.29 is 4.74 Å². The van der Waals surface area contributed by atoms with Crippen LogP contribution < -0.4 is 5.32 Å². The minimum absolute atomic E-state index is 0.818. The minimum atomic E-state index is 0.818. The summed E-state index contributed by atoms with van der Waals surface area (Å²) in [5.74, 6) is 0.822. The second-order valence-electron chi connectivity index (χ2n) is 5.53. The first-order valence-corrected chi connectivity index (χ1v) is 7.94. The topological polar surface area (TPSA) is 27.7 Å². The molecular formula is C15H33N3O. The second kappa shape index (κ2) is 10.6. The Hall–Kier alpha value is -0.160. The van der Waals surface area contributed by atoms with Crippen molar-refractivity contribution in [2.75, 3.05) is 66.1 Å². The summed E-state index contributed by atoms with van der Waals surface area (Å²) < 4.78 is 5.06. The Balaban J connectivity index is 2.14. The monoisotopic (exact) mass is 271 g/mol. The summed E-state index contributed by atoms with van der Waals surface area (Å²) in [6, 6.07) is 0. The number of nitrogens with one attached hydrogen (secondary N) is 1. The number of methoxy groups -OCH3 is 1. The van der Waals surface area contributed by atoms with Crippen molar-refractivity contribution in [1.29, 1.82) is 0 Å². The minimum Gasteiger partial charge on any atom is -0.383 e. The average Bonchev–Trinajstić information content (AvgIpc) is 2.45. The van der Waals surface area contributed by atoms with E-state index in [9.17, 15) is 0 Å². The van der Waals surface area contributed by atoms with Crippen molar-refractivity contribution in [2.45, 2.75) is 26.7 Å². The lowest BCUT2D eigenvalue weighted by atomic mass is 9.98. The highest BCUT2D eigenvalue weighted by Gasteiger charge is 2.19. The normalized spacial score (nSPS) is 21.2. The Kier molecular flexibility index (Phi) is 9.43. The van der Waals surface area contributed by atoms with E-state index in [0.29, 0.717) is 0 Å². The molecule has 1 aliphatic rings. The van der Waals surface area contributed by atoms with Gasteiger partial charge in [0.05, 0.1) is 6.61 Å². The number of nitrogens with zero attached hydrogens (tertiary/aromatic N) is 2. The number of likely N-dealkylation sites (tertiary alicyclic amines) is 1. The van der Waals surface area contributed by atoms with Crippen LogP contribution in [-0.2, 0) is 4.74 Å². The Morgan fingerprint density at radius 3 is 2.79 bits per heavy atom. The molecule has 0 saturated carbocycles. The van der Waals surface area contributed by atoms with Crippen molar-refractivity contribution >= 4 is 0 Å². The highest BCUT2D eigenvalue weighted by molar-refractivity contribution is 4.75. The fraction of sp³-hybridized carbons (Fsp3) is 1.00. The summed E-state index contributed by atoms with van der Waals surface area (Å²) in [7, 11) is 1.76. The largest absolute Gasteiger partial charge is 0.383 e. The Morgan fingerprint density at radius 2 is 2.11 bits per heavy atom.